The molecule has 0 amide bonds. The van der Waals surface area contributed by atoms with Crippen LogP contribution in [0.2, 0.25) is 0 Å². The van der Waals surface area contributed by atoms with Gasteiger partial charge in [-0.05, 0) is 42.5 Å². The van der Waals surface area contributed by atoms with Gasteiger partial charge in [-0.25, -0.2) is 15.0 Å². The third kappa shape index (κ3) is 4.20. The van der Waals surface area contributed by atoms with Crippen molar-refractivity contribution in [1.29, 1.82) is 0 Å². The maximum absolute atomic E-state index is 8.65. The van der Waals surface area contributed by atoms with Crippen molar-refractivity contribution in [2.24, 2.45) is 0 Å². The summed E-state index contributed by atoms with van der Waals surface area (Å²) in [4.78, 5) is 14.2. The van der Waals surface area contributed by atoms with E-state index in [4.69, 9.17) is 25.7 Å². The molecule has 7 aromatic carbocycles. The molecule has 0 atom stereocenters. The van der Waals surface area contributed by atoms with E-state index >= 15 is 0 Å². The highest BCUT2D eigenvalue weighted by Crippen LogP contribution is 2.43. The SMILES string of the molecule is [2H]c1c([2H])c([2H])c(-c2nc(-c3ccccc3)nc(-c3ccc4c(c3)oc3c(-n5c6ccccc6c6c7c(ccc65)oc5ccccc57)cccc34)n2)c([2H])c1[2H]. The molecule has 0 unspecified atom stereocenters. The van der Waals surface area contributed by atoms with E-state index in [1.807, 2.05) is 91.0 Å². The van der Waals surface area contributed by atoms with Crippen LogP contribution in [0.4, 0.5) is 0 Å². The predicted molar refractivity (Wildman–Crippen MR) is 205 cm³/mol. The van der Waals surface area contributed by atoms with Gasteiger partial charge in [-0.2, -0.15) is 0 Å². The molecule has 4 aromatic heterocycles. The number of nitrogens with zero attached hydrogens (tertiary/aromatic N) is 4. The summed E-state index contributed by atoms with van der Waals surface area (Å²) in [7, 11) is 0. The van der Waals surface area contributed by atoms with Gasteiger partial charge in [0.2, 0.25) is 0 Å². The van der Waals surface area contributed by atoms with Crippen LogP contribution in [0.1, 0.15) is 6.85 Å². The highest BCUT2D eigenvalue weighted by atomic mass is 16.3. The summed E-state index contributed by atoms with van der Waals surface area (Å²) < 4.78 is 57.3. The van der Waals surface area contributed by atoms with Crippen molar-refractivity contribution in [2.75, 3.05) is 0 Å². The lowest BCUT2D eigenvalue weighted by Gasteiger charge is -2.08. The van der Waals surface area contributed by atoms with E-state index in [1.54, 1.807) is 0 Å². The van der Waals surface area contributed by atoms with Gasteiger partial charge in [0.1, 0.15) is 16.7 Å². The Bertz CT molecular complexity index is 3420. The quantitative estimate of drug-likeness (QED) is 0.188. The molecule has 11 rings (SSSR count). The molecule has 0 saturated carbocycles. The molecule has 238 valence electrons. The Hall–Kier alpha value is -7.05. The van der Waals surface area contributed by atoms with Gasteiger partial charge in [0, 0.05) is 49.0 Å². The number of benzene rings is 7. The van der Waals surface area contributed by atoms with Crippen LogP contribution in [0.3, 0.4) is 0 Å². The zero-order chi connectivity index (χ0) is 37.8. The second kappa shape index (κ2) is 10.7. The minimum absolute atomic E-state index is 0.0243. The normalized spacial score (nSPS) is 13.3. The van der Waals surface area contributed by atoms with Crippen LogP contribution in [0, 0.1) is 0 Å². The first-order chi connectivity index (χ1) is 27.4. The molecular weight excluding hydrogens is 629 g/mol. The van der Waals surface area contributed by atoms with Crippen molar-refractivity contribution in [3.63, 3.8) is 0 Å². The zero-order valence-electron chi connectivity index (χ0n) is 31.7. The fourth-order valence-corrected chi connectivity index (χ4v) is 7.33. The molecule has 6 nitrogen and oxygen atoms in total. The van der Waals surface area contributed by atoms with Crippen LogP contribution < -0.4 is 0 Å². The average molecular weight is 660 g/mol. The van der Waals surface area contributed by atoms with E-state index in [2.05, 4.69) is 45.9 Å². The highest BCUT2D eigenvalue weighted by molar-refractivity contribution is 6.27. The first-order valence-corrected chi connectivity index (χ1v) is 16.5. The van der Waals surface area contributed by atoms with E-state index in [1.165, 1.54) is 0 Å². The maximum Gasteiger partial charge on any atom is 0.164 e. The number of hydrogen-bond donors (Lipinski definition) is 0. The topological polar surface area (TPSA) is 69.9 Å². The van der Waals surface area contributed by atoms with Gasteiger partial charge in [0.25, 0.3) is 0 Å². The lowest BCUT2D eigenvalue weighted by molar-refractivity contribution is 0.666. The molecule has 0 radical (unpaired) electrons. The molecule has 6 heteroatoms. The van der Waals surface area contributed by atoms with Crippen molar-refractivity contribution in [2.45, 2.75) is 0 Å². The number of fused-ring (bicyclic) bond motifs is 10. The largest absolute Gasteiger partial charge is 0.456 e. The number of furan rings is 2. The van der Waals surface area contributed by atoms with Crippen molar-refractivity contribution in [3.8, 4) is 39.9 Å². The predicted octanol–water partition coefficient (Wildman–Crippen LogP) is 11.8. The second-order valence-electron chi connectivity index (χ2n) is 12.4. The molecule has 4 heterocycles. The van der Waals surface area contributed by atoms with E-state index < -0.39 is 18.1 Å². The number of para-hydroxylation sites is 3. The first-order valence-electron chi connectivity index (χ1n) is 19.0. The van der Waals surface area contributed by atoms with Crippen LogP contribution in [0.25, 0.3) is 106 Å². The molecule has 0 N–H and O–H groups in total. The van der Waals surface area contributed by atoms with Crippen LogP contribution in [-0.2, 0) is 0 Å². The van der Waals surface area contributed by atoms with Crippen molar-refractivity contribution in [3.05, 3.63) is 158 Å². The molecule has 51 heavy (non-hydrogen) atoms. The highest BCUT2D eigenvalue weighted by Gasteiger charge is 2.21. The first kappa shape index (κ1) is 23.3. The monoisotopic (exact) mass is 659 g/mol. The van der Waals surface area contributed by atoms with Crippen molar-refractivity contribution < 1.29 is 15.7 Å². The number of rotatable bonds is 4. The van der Waals surface area contributed by atoms with Crippen LogP contribution >= 0.6 is 0 Å². The van der Waals surface area contributed by atoms with Gasteiger partial charge in [-0.1, -0.05) is 115 Å². The molecule has 0 aliphatic rings. The molecule has 11 aromatic rings. The van der Waals surface area contributed by atoms with Gasteiger partial charge in [-0.15, -0.1) is 0 Å². The van der Waals surface area contributed by atoms with E-state index in [9.17, 15) is 0 Å². The summed E-state index contributed by atoms with van der Waals surface area (Å²) in [5, 5.41) is 6.19. The molecule has 0 fully saturated rings. The Morgan fingerprint density at radius 1 is 0.451 bits per heavy atom. The second-order valence-corrected chi connectivity index (χ2v) is 12.4. The summed E-state index contributed by atoms with van der Waals surface area (Å²) in [5.74, 6) is 0.543. The molecule has 0 aliphatic carbocycles. The Morgan fingerprint density at radius 3 is 2.04 bits per heavy atom. The van der Waals surface area contributed by atoms with Gasteiger partial charge in [0.05, 0.1) is 23.6 Å². The van der Waals surface area contributed by atoms with Crippen LogP contribution in [-0.4, -0.2) is 19.5 Å². The minimum Gasteiger partial charge on any atom is -0.456 e. The molecule has 0 spiro atoms. The van der Waals surface area contributed by atoms with Crippen LogP contribution in [0.15, 0.2) is 166 Å². The third-order valence-corrected chi connectivity index (χ3v) is 9.54. The Balaban J connectivity index is 1.13. The Kier molecular flexibility index (Phi) is 4.91. The zero-order valence-corrected chi connectivity index (χ0v) is 26.7. The van der Waals surface area contributed by atoms with Gasteiger partial charge < -0.3 is 13.4 Å². The lowest BCUT2D eigenvalue weighted by Crippen LogP contribution is -2.00. The lowest BCUT2D eigenvalue weighted by atomic mass is 10.1. The van der Waals surface area contributed by atoms with Crippen LogP contribution in [0.5, 0.6) is 0 Å². The average Bonchev–Trinajstić information content (AvgIpc) is 3.91. The summed E-state index contributed by atoms with van der Waals surface area (Å²) in [6, 6.07) is 39.7. The fraction of sp³-hybridized carbons (Fsp3) is 0. The van der Waals surface area contributed by atoms with Gasteiger partial charge in [-0.3, -0.25) is 0 Å². The number of aromatic nitrogens is 4. The molecular formula is C45H26N4O2. The van der Waals surface area contributed by atoms with Gasteiger partial charge >= 0.3 is 0 Å². The minimum atomic E-state index is -0.486. The standard InChI is InChI=1S/C45H26N4O2/c1-3-12-27(13-4-1)43-46-44(28-14-5-2-6-15-28)48-45(47-43)29-22-23-30-31-18-11-20-36(42(31)51-39(30)26-29)49-34-19-9-7-16-32(34)40-35(49)24-25-38-41(40)33-17-8-10-21-37(33)50-38/h1-26H/i1D,3D,4D,12D,13D. The van der Waals surface area contributed by atoms with E-state index in [0.29, 0.717) is 28.1 Å². The number of hydrogen-bond acceptors (Lipinski definition) is 5. The summed E-state index contributed by atoms with van der Waals surface area (Å²) in [6.07, 6.45) is 0. The Labute approximate surface area is 297 Å². The molecule has 0 bridgehead atoms. The Morgan fingerprint density at radius 2 is 1.18 bits per heavy atom. The molecule has 0 aliphatic heterocycles. The maximum atomic E-state index is 8.65. The molecule has 0 saturated heterocycles. The van der Waals surface area contributed by atoms with E-state index in [-0.39, 0.29) is 29.3 Å². The third-order valence-electron chi connectivity index (χ3n) is 9.54. The van der Waals surface area contributed by atoms with E-state index in [0.717, 1.165) is 60.2 Å². The smallest absolute Gasteiger partial charge is 0.164 e. The summed E-state index contributed by atoms with van der Waals surface area (Å²) in [6.45, 7) is 0. The van der Waals surface area contributed by atoms with Crippen molar-refractivity contribution >= 4 is 65.7 Å². The van der Waals surface area contributed by atoms with Crippen molar-refractivity contribution in [1.82, 2.24) is 19.5 Å². The van der Waals surface area contributed by atoms with Gasteiger partial charge in [0.15, 0.2) is 23.1 Å². The summed E-state index contributed by atoms with van der Waals surface area (Å²) in [5.41, 5.74) is 7.14. The fourth-order valence-electron chi connectivity index (χ4n) is 7.33. The summed E-state index contributed by atoms with van der Waals surface area (Å²) >= 11 is 0.